The van der Waals surface area contributed by atoms with Crippen molar-refractivity contribution in [2.24, 2.45) is 0 Å². The van der Waals surface area contributed by atoms with Crippen LogP contribution in [0.25, 0.3) is 10.8 Å². The van der Waals surface area contributed by atoms with E-state index in [4.69, 9.17) is 16.7 Å². The van der Waals surface area contributed by atoms with Crippen LogP contribution in [0.3, 0.4) is 0 Å². The number of hydrogen-bond acceptors (Lipinski definition) is 1. The van der Waals surface area contributed by atoms with Crippen LogP contribution in [0.2, 0.25) is 0 Å². The molecular weight excluding hydrogens is 224 g/mol. The number of benzene rings is 2. The second-order valence-electron chi connectivity index (χ2n) is 3.68. The highest BCUT2D eigenvalue weighted by Crippen LogP contribution is 2.22. The summed E-state index contributed by atoms with van der Waals surface area (Å²) in [6.07, 6.45) is 0.0482. The fourth-order valence-corrected chi connectivity index (χ4v) is 2.02. The van der Waals surface area contributed by atoms with E-state index in [1.807, 2.05) is 36.4 Å². The van der Waals surface area contributed by atoms with Crippen molar-refractivity contribution in [3.63, 3.8) is 0 Å². The Hall–Kier alpha value is -1.54. The van der Waals surface area contributed by atoms with Crippen molar-refractivity contribution in [2.75, 3.05) is 0 Å². The number of carboxylic acid groups (broad SMARTS) is 1. The monoisotopic (exact) mass is 234 g/mol. The number of carboxylic acids is 1. The lowest BCUT2D eigenvalue weighted by Crippen LogP contribution is -1.99. The molecule has 0 fully saturated rings. The van der Waals surface area contributed by atoms with Gasteiger partial charge in [0.1, 0.15) is 0 Å². The highest BCUT2D eigenvalue weighted by atomic mass is 35.5. The summed E-state index contributed by atoms with van der Waals surface area (Å²) in [5.41, 5.74) is 1.84. The van der Waals surface area contributed by atoms with E-state index in [1.54, 1.807) is 0 Å². The summed E-state index contributed by atoms with van der Waals surface area (Å²) in [5.74, 6) is -0.379. The molecule has 0 radical (unpaired) electrons. The van der Waals surface area contributed by atoms with E-state index in [2.05, 4.69) is 0 Å². The topological polar surface area (TPSA) is 37.3 Å². The Bertz CT molecular complexity index is 534. The molecule has 0 spiro atoms. The van der Waals surface area contributed by atoms with Crippen molar-refractivity contribution >= 4 is 28.3 Å². The van der Waals surface area contributed by atoms with Crippen LogP contribution in [0.1, 0.15) is 11.1 Å². The second-order valence-corrected chi connectivity index (χ2v) is 3.94. The molecule has 0 aromatic heterocycles. The van der Waals surface area contributed by atoms with Gasteiger partial charge < -0.3 is 5.11 Å². The lowest BCUT2D eigenvalue weighted by Gasteiger charge is -2.05. The Morgan fingerprint density at radius 1 is 1.25 bits per heavy atom. The summed E-state index contributed by atoms with van der Waals surface area (Å²) in [5, 5.41) is 10.9. The minimum atomic E-state index is -0.817. The maximum atomic E-state index is 10.6. The molecule has 2 rings (SSSR count). The molecule has 82 valence electrons. The summed E-state index contributed by atoms with van der Waals surface area (Å²) >= 11 is 5.85. The third-order valence-electron chi connectivity index (χ3n) is 2.54. The number of halogens is 1. The Morgan fingerprint density at radius 3 is 2.75 bits per heavy atom. The van der Waals surface area contributed by atoms with Crippen LogP contribution >= 0.6 is 11.6 Å². The van der Waals surface area contributed by atoms with Gasteiger partial charge in [0, 0.05) is 5.88 Å². The highest BCUT2D eigenvalue weighted by molar-refractivity contribution is 6.18. The van der Waals surface area contributed by atoms with Crippen molar-refractivity contribution < 1.29 is 9.90 Å². The molecule has 2 aromatic carbocycles. The number of hydrogen-bond donors (Lipinski definition) is 1. The van der Waals surface area contributed by atoms with Crippen molar-refractivity contribution in [2.45, 2.75) is 12.3 Å². The third-order valence-corrected chi connectivity index (χ3v) is 2.82. The number of aliphatic carboxylic acids is 1. The fraction of sp³-hybridized carbons (Fsp3) is 0.154. The summed E-state index contributed by atoms with van der Waals surface area (Å²) in [6, 6.07) is 11.6. The van der Waals surface area contributed by atoms with E-state index in [0.29, 0.717) is 5.88 Å². The molecule has 0 aliphatic heterocycles. The molecule has 16 heavy (non-hydrogen) atoms. The Morgan fingerprint density at radius 2 is 2.06 bits per heavy atom. The predicted octanol–water partition coefficient (Wildman–Crippen LogP) is 3.21. The molecule has 0 unspecified atom stereocenters. The Balaban J connectivity index is 2.54. The molecule has 0 saturated heterocycles. The maximum Gasteiger partial charge on any atom is 0.307 e. The Labute approximate surface area is 98.5 Å². The van der Waals surface area contributed by atoms with E-state index in [-0.39, 0.29) is 6.42 Å². The van der Waals surface area contributed by atoms with E-state index < -0.39 is 5.97 Å². The minimum absolute atomic E-state index is 0.0482. The van der Waals surface area contributed by atoms with Crippen LogP contribution in [0.5, 0.6) is 0 Å². The van der Waals surface area contributed by atoms with Gasteiger partial charge in [0.15, 0.2) is 0 Å². The zero-order chi connectivity index (χ0) is 11.5. The molecule has 2 nitrogen and oxygen atoms in total. The van der Waals surface area contributed by atoms with Crippen LogP contribution in [0.4, 0.5) is 0 Å². The molecular formula is C13H11ClO2. The molecule has 0 aliphatic rings. The van der Waals surface area contributed by atoms with Gasteiger partial charge in [-0.05, 0) is 21.9 Å². The SMILES string of the molecule is O=C(O)Cc1ccc2cccc(CCl)c2c1. The van der Waals surface area contributed by atoms with Gasteiger partial charge in [0.05, 0.1) is 6.42 Å². The van der Waals surface area contributed by atoms with Crippen molar-refractivity contribution in [3.05, 3.63) is 47.5 Å². The summed E-state index contributed by atoms with van der Waals surface area (Å²) in [4.78, 5) is 10.6. The molecule has 0 atom stereocenters. The summed E-state index contributed by atoms with van der Waals surface area (Å²) < 4.78 is 0. The Kier molecular flexibility index (Phi) is 3.11. The van der Waals surface area contributed by atoms with E-state index in [0.717, 1.165) is 21.9 Å². The van der Waals surface area contributed by atoms with Crippen LogP contribution in [-0.2, 0) is 17.1 Å². The maximum absolute atomic E-state index is 10.6. The quantitative estimate of drug-likeness (QED) is 0.828. The highest BCUT2D eigenvalue weighted by Gasteiger charge is 2.04. The largest absolute Gasteiger partial charge is 0.481 e. The van der Waals surface area contributed by atoms with Gasteiger partial charge >= 0.3 is 5.97 Å². The molecule has 1 N–H and O–H groups in total. The van der Waals surface area contributed by atoms with Crippen LogP contribution in [0, 0.1) is 0 Å². The van der Waals surface area contributed by atoms with Gasteiger partial charge in [-0.3, -0.25) is 4.79 Å². The molecule has 3 heteroatoms. The van der Waals surface area contributed by atoms with Crippen molar-refractivity contribution in [3.8, 4) is 0 Å². The van der Waals surface area contributed by atoms with Crippen molar-refractivity contribution in [1.82, 2.24) is 0 Å². The normalized spacial score (nSPS) is 10.6. The second kappa shape index (κ2) is 4.54. The first kappa shape index (κ1) is 11.0. The molecule has 0 heterocycles. The smallest absolute Gasteiger partial charge is 0.307 e. The molecule has 2 aromatic rings. The van der Waals surface area contributed by atoms with E-state index in [9.17, 15) is 4.79 Å². The van der Waals surface area contributed by atoms with Gasteiger partial charge in [-0.15, -0.1) is 11.6 Å². The van der Waals surface area contributed by atoms with Gasteiger partial charge in [-0.25, -0.2) is 0 Å². The van der Waals surface area contributed by atoms with E-state index in [1.165, 1.54) is 0 Å². The average Bonchev–Trinajstić information content (AvgIpc) is 2.27. The molecule has 0 amide bonds. The first-order valence-electron chi connectivity index (χ1n) is 4.99. The molecule has 0 aliphatic carbocycles. The van der Waals surface area contributed by atoms with Crippen LogP contribution < -0.4 is 0 Å². The van der Waals surface area contributed by atoms with Gasteiger partial charge in [0.25, 0.3) is 0 Å². The number of carbonyl (C=O) groups is 1. The average molecular weight is 235 g/mol. The number of alkyl halides is 1. The van der Waals surface area contributed by atoms with Crippen LogP contribution in [0.15, 0.2) is 36.4 Å². The zero-order valence-corrected chi connectivity index (χ0v) is 9.37. The lowest BCUT2D eigenvalue weighted by molar-refractivity contribution is -0.136. The first-order chi connectivity index (χ1) is 7.70. The van der Waals surface area contributed by atoms with Gasteiger partial charge in [-0.1, -0.05) is 36.4 Å². The molecule has 0 bridgehead atoms. The number of fused-ring (bicyclic) bond motifs is 1. The summed E-state index contributed by atoms with van der Waals surface area (Å²) in [6.45, 7) is 0. The van der Waals surface area contributed by atoms with Gasteiger partial charge in [0.2, 0.25) is 0 Å². The zero-order valence-electron chi connectivity index (χ0n) is 8.61. The van der Waals surface area contributed by atoms with E-state index >= 15 is 0 Å². The van der Waals surface area contributed by atoms with Gasteiger partial charge in [-0.2, -0.15) is 0 Å². The minimum Gasteiger partial charge on any atom is -0.481 e. The standard InChI is InChI=1S/C13H11ClO2/c14-8-11-3-1-2-10-5-4-9(6-12(10)11)7-13(15)16/h1-6H,7-8H2,(H,15,16). The fourth-order valence-electron chi connectivity index (χ4n) is 1.79. The van der Waals surface area contributed by atoms with Crippen LogP contribution in [-0.4, -0.2) is 11.1 Å². The number of rotatable bonds is 3. The summed E-state index contributed by atoms with van der Waals surface area (Å²) in [7, 11) is 0. The predicted molar refractivity (Wildman–Crippen MR) is 64.8 cm³/mol. The lowest BCUT2D eigenvalue weighted by atomic mass is 10.0. The third kappa shape index (κ3) is 2.17. The first-order valence-corrected chi connectivity index (χ1v) is 5.52. The molecule has 0 saturated carbocycles. The van der Waals surface area contributed by atoms with Crippen molar-refractivity contribution in [1.29, 1.82) is 0 Å².